The van der Waals surface area contributed by atoms with Gasteiger partial charge in [-0.15, -0.1) is 0 Å². The standard InChI is InChI=1S/C26H21F2NO4/c1-15(2)33-19-12-10-16(11-13-19)24(30)22-23(20-8-3-4-9-21(20)28)29(26(32)25(22)31)18-7-5-6-17(27)14-18/h3-15,23,30H,1-2H3/b24-22+. The molecular weight excluding hydrogens is 428 g/mol. The molecule has 0 aliphatic carbocycles. The van der Waals surface area contributed by atoms with Crippen LogP contribution >= 0.6 is 0 Å². The monoisotopic (exact) mass is 449 g/mol. The fourth-order valence-corrected chi connectivity index (χ4v) is 3.83. The van der Waals surface area contributed by atoms with Gasteiger partial charge in [0.2, 0.25) is 0 Å². The number of amides is 1. The lowest BCUT2D eigenvalue weighted by atomic mass is 9.94. The summed E-state index contributed by atoms with van der Waals surface area (Å²) in [5.41, 5.74) is 0.0453. The molecule has 0 spiro atoms. The van der Waals surface area contributed by atoms with Crippen molar-refractivity contribution in [1.82, 2.24) is 0 Å². The third-order valence-electron chi connectivity index (χ3n) is 5.23. The zero-order chi connectivity index (χ0) is 23.7. The van der Waals surface area contributed by atoms with Crippen LogP contribution in [0.25, 0.3) is 5.76 Å². The molecular formula is C26H21F2NO4. The van der Waals surface area contributed by atoms with E-state index in [-0.39, 0.29) is 28.5 Å². The van der Waals surface area contributed by atoms with Crippen LogP contribution in [0.5, 0.6) is 5.75 Å². The Morgan fingerprint density at radius 2 is 1.67 bits per heavy atom. The maximum atomic E-state index is 14.8. The van der Waals surface area contributed by atoms with Crippen LogP contribution in [0.3, 0.4) is 0 Å². The number of carbonyl (C=O) groups is 2. The minimum Gasteiger partial charge on any atom is -0.507 e. The number of hydrogen-bond acceptors (Lipinski definition) is 4. The van der Waals surface area contributed by atoms with Crippen LogP contribution in [0, 0.1) is 11.6 Å². The number of ketones is 1. The Morgan fingerprint density at radius 1 is 0.970 bits per heavy atom. The highest BCUT2D eigenvalue weighted by atomic mass is 19.1. The Balaban J connectivity index is 1.89. The molecule has 4 rings (SSSR count). The lowest BCUT2D eigenvalue weighted by molar-refractivity contribution is -0.132. The molecule has 1 aliphatic heterocycles. The van der Waals surface area contributed by atoms with Crippen LogP contribution in [0.4, 0.5) is 14.5 Å². The van der Waals surface area contributed by atoms with E-state index in [4.69, 9.17) is 4.74 Å². The van der Waals surface area contributed by atoms with Crippen molar-refractivity contribution in [3.63, 3.8) is 0 Å². The molecule has 3 aromatic carbocycles. The van der Waals surface area contributed by atoms with Gasteiger partial charge >= 0.3 is 0 Å². The highest BCUT2D eigenvalue weighted by Crippen LogP contribution is 2.43. The molecule has 1 atom stereocenters. The molecule has 0 radical (unpaired) electrons. The number of halogens is 2. The van der Waals surface area contributed by atoms with Gasteiger partial charge in [-0.1, -0.05) is 24.3 Å². The predicted molar refractivity (Wildman–Crippen MR) is 120 cm³/mol. The number of carbonyl (C=O) groups excluding carboxylic acids is 2. The maximum Gasteiger partial charge on any atom is 0.300 e. The third-order valence-corrected chi connectivity index (χ3v) is 5.23. The van der Waals surface area contributed by atoms with Crippen molar-refractivity contribution in [3.05, 3.63) is 101 Å². The SMILES string of the molecule is CC(C)Oc1ccc(/C(O)=C2\C(=O)C(=O)N(c3cccc(F)c3)C2c2ccccc2F)cc1. The van der Waals surface area contributed by atoms with E-state index in [1.165, 1.54) is 36.4 Å². The summed E-state index contributed by atoms with van der Waals surface area (Å²) in [4.78, 5) is 27.1. The number of aliphatic hydroxyl groups is 1. The number of Topliss-reactive ketones (excluding diaryl/α,β-unsaturated/α-hetero) is 1. The second-order valence-corrected chi connectivity index (χ2v) is 7.86. The van der Waals surface area contributed by atoms with Crippen LogP contribution in [0.2, 0.25) is 0 Å². The topological polar surface area (TPSA) is 66.8 Å². The first-order valence-electron chi connectivity index (χ1n) is 10.4. The lowest BCUT2D eigenvalue weighted by Crippen LogP contribution is -2.30. The summed E-state index contributed by atoms with van der Waals surface area (Å²) in [5, 5.41) is 11.1. The van der Waals surface area contributed by atoms with Gasteiger partial charge in [-0.3, -0.25) is 14.5 Å². The van der Waals surface area contributed by atoms with Crippen molar-refractivity contribution in [2.45, 2.75) is 26.0 Å². The molecule has 0 bridgehead atoms. The first kappa shape index (κ1) is 22.2. The lowest BCUT2D eigenvalue weighted by Gasteiger charge is -2.25. The summed E-state index contributed by atoms with van der Waals surface area (Å²) < 4.78 is 34.4. The van der Waals surface area contributed by atoms with Gasteiger partial charge < -0.3 is 9.84 Å². The quantitative estimate of drug-likeness (QED) is 0.323. The van der Waals surface area contributed by atoms with Crippen molar-refractivity contribution in [2.75, 3.05) is 4.90 Å². The van der Waals surface area contributed by atoms with Gasteiger partial charge in [-0.05, 0) is 62.4 Å². The van der Waals surface area contributed by atoms with Gasteiger partial charge in [0, 0.05) is 16.8 Å². The largest absolute Gasteiger partial charge is 0.507 e. The van der Waals surface area contributed by atoms with Crippen molar-refractivity contribution in [2.24, 2.45) is 0 Å². The maximum absolute atomic E-state index is 14.8. The van der Waals surface area contributed by atoms with Crippen LogP contribution in [0.15, 0.2) is 78.4 Å². The smallest absolute Gasteiger partial charge is 0.300 e. The number of nitrogens with zero attached hydrogens (tertiary/aromatic N) is 1. The molecule has 0 aromatic heterocycles. The van der Waals surface area contributed by atoms with Crippen molar-refractivity contribution >= 4 is 23.1 Å². The molecule has 1 fully saturated rings. The first-order chi connectivity index (χ1) is 15.8. The van der Waals surface area contributed by atoms with Gasteiger partial charge in [0.1, 0.15) is 23.1 Å². The minimum atomic E-state index is -1.28. The summed E-state index contributed by atoms with van der Waals surface area (Å²) in [6.45, 7) is 3.74. The molecule has 5 nitrogen and oxygen atoms in total. The molecule has 1 heterocycles. The van der Waals surface area contributed by atoms with Crippen LogP contribution < -0.4 is 9.64 Å². The number of ether oxygens (including phenoxy) is 1. The molecule has 33 heavy (non-hydrogen) atoms. The van der Waals surface area contributed by atoms with E-state index >= 15 is 0 Å². The van der Waals surface area contributed by atoms with E-state index in [1.54, 1.807) is 30.3 Å². The van der Waals surface area contributed by atoms with Crippen LogP contribution in [-0.4, -0.2) is 22.9 Å². The van der Waals surface area contributed by atoms with Gasteiger partial charge in [0.15, 0.2) is 0 Å². The van der Waals surface area contributed by atoms with E-state index in [0.717, 1.165) is 11.0 Å². The summed E-state index contributed by atoms with van der Waals surface area (Å²) in [7, 11) is 0. The second kappa shape index (κ2) is 8.86. The van der Waals surface area contributed by atoms with E-state index in [1.807, 2.05) is 13.8 Å². The van der Waals surface area contributed by atoms with E-state index in [2.05, 4.69) is 0 Å². The summed E-state index contributed by atoms with van der Waals surface area (Å²) in [6.07, 6.45) is -0.0536. The number of benzene rings is 3. The molecule has 1 amide bonds. The average Bonchev–Trinajstić information content (AvgIpc) is 3.04. The van der Waals surface area contributed by atoms with Gasteiger partial charge in [0.05, 0.1) is 17.7 Å². The molecule has 1 unspecified atom stereocenters. The summed E-state index contributed by atoms with van der Waals surface area (Å²) >= 11 is 0. The minimum absolute atomic E-state index is 0.00210. The highest BCUT2D eigenvalue weighted by Gasteiger charge is 2.47. The molecule has 168 valence electrons. The van der Waals surface area contributed by atoms with E-state index < -0.39 is 35.1 Å². The van der Waals surface area contributed by atoms with E-state index in [9.17, 15) is 23.5 Å². The second-order valence-electron chi connectivity index (χ2n) is 7.86. The predicted octanol–water partition coefficient (Wildman–Crippen LogP) is 5.38. The number of anilines is 1. The van der Waals surface area contributed by atoms with Crippen molar-refractivity contribution < 1.29 is 28.2 Å². The Kier molecular flexibility index (Phi) is 5.96. The molecule has 3 aromatic rings. The summed E-state index contributed by atoms with van der Waals surface area (Å²) in [5.74, 6) is -3.17. The first-order valence-corrected chi connectivity index (χ1v) is 10.4. The fraction of sp³-hybridized carbons (Fsp3) is 0.154. The average molecular weight is 449 g/mol. The highest BCUT2D eigenvalue weighted by molar-refractivity contribution is 6.51. The summed E-state index contributed by atoms with van der Waals surface area (Å²) in [6, 6.07) is 15.8. The Hall–Kier alpha value is -4.00. The van der Waals surface area contributed by atoms with Crippen LogP contribution in [0.1, 0.15) is 31.0 Å². The van der Waals surface area contributed by atoms with E-state index in [0.29, 0.717) is 5.75 Å². The number of rotatable bonds is 5. The molecule has 0 saturated carbocycles. The Bertz CT molecular complexity index is 1250. The molecule has 7 heteroatoms. The van der Waals surface area contributed by atoms with Gasteiger partial charge in [0.25, 0.3) is 11.7 Å². The molecule has 1 N–H and O–H groups in total. The third kappa shape index (κ3) is 4.22. The van der Waals surface area contributed by atoms with Crippen LogP contribution in [-0.2, 0) is 9.59 Å². The van der Waals surface area contributed by atoms with Gasteiger partial charge in [-0.25, -0.2) is 8.78 Å². The van der Waals surface area contributed by atoms with Gasteiger partial charge in [-0.2, -0.15) is 0 Å². The zero-order valence-electron chi connectivity index (χ0n) is 18.0. The Morgan fingerprint density at radius 3 is 2.30 bits per heavy atom. The van der Waals surface area contributed by atoms with Crippen molar-refractivity contribution in [3.8, 4) is 5.75 Å². The Labute approximate surface area is 189 Å². The zero-order valence-corrected chi connectivity index (χ0v) is 18.0. The molecule has 1 aliphatic rings. The fourth-order valence-electron chi connectivity index (χ4n) is 3.83. The number of aliphatic hydroxyl groups excluding tert-OH is 1. The molecule has 1 saturated heterocycles. The normalized spacial score (nSPS) is 17.6. The van der Waals surface area contributed by atoms with Crippen molar-refractivity contribution in [1.29, 1.82) is 0 Å². The number of hydrogen-bond donors (Lipinski definition) is 1.